The van der Waals surface area contributed by atoms with E-state index in [1.54, 1.807) is 0 Å². The van der Waals surface area contributed by atoms with E-state index in [2.05, 4.69) is 24.4 Å². The molecule has 1 aromatic rings. The first-order chi connectivity index (χ1) is 9.25. The summed E-state index contributed by atoms with van der Waals surface area (Å²) in [6.07, 6.45) is 5.77. The molecule has 102 valence electrons. The van der Waals surface area contributed by atoms with Crippen molar-refractivity contribution in [2.24, 2.45) is 0 Å². The van der Waals surface area contributed by atoms with Crippen molar-refractivity contribution < 1.29 is 4.79 Å². The van der Waals surface area contributed by atoms with Gasteiger partial charge in [-0.3, -0.25) is 4.79 Å². The number of piperidine rings is 1. The van der Waals surface area contributed by atoms with E-state index in [-0.39, 0.29) is 5.91 Å². The van der Waals surface area contributed by atoms with Crippen LogP contribution in [0.1, 0.15) is 48.5 Å². The van der Waals surface area contributed by atoms with E-state index in [9.17, 15) is 4.79 Å². The van der Waals surface area contributed by atoms with E-state index in [1.165, 1.54) is 17.7 Å². The number of benzene rings is 1. The number of hydrogen-bond donors (Lipinski definition) is 1. The van der Waals surface area contributed by atoms with E-state index in [4.69, 9.17) is 0 Å². The van der Waals surface area contributed by atoms with Gasteiger partial charge in [-0.05, 0) is 62.8 Å². The molecule has 1 N–H and O–H groups in total. The van der Waals surface area contributed by atoms with Gasteiger partial charge in [-0.1, -0.05) is 0 Å². The molecule has 19 heavy (non-hydrogen) atoms. The number of carbonyl (C=O) groups excluding carboxylic acids is 1. The molecule has 0 bridgehead atoms. The van der Waals surface area contributed by atoms with Crippen molar-refractivity contribution in [2.45, 2.75) is 45.1 Å². The third kappa shape index (κ3) is 2.46. The Hall–Kier alpha value is -1.51. The zero-order valence-electron chi connectivity index (χ0n) is 11.6. The number of amides is 1. The molecule has 1 amide bonds. The summed E-state index contributed by atoms with van der Waals surface area (Å²) in [5.74, 6) is 0.209. The Labute approximate surface area is 115 Å². The molecule has 1 aromatic carbocycles. The summed E-state index contributed by atoms with van der Waals surface area (Å²) in [6.45, 7) is 4.12. The van der Waals surface area contributed by atoms with Crippen molar-refractivity contribution in [1.29, 1.82) is 0 Å². The predicted octanol–water partition coefficient (Wildman–Crippen LogP) is 3.06. The number of likely N-dealkylation sites (tertiary alicyclic amines) is 1. The minimum Gasteiger partial charge on any atom is -0.385 e. The second-order valence-corrected chi connectivity index (χ2v) is 5.75. The maximum atomic E-state index is 12.6. The fourth-order valence-electron chi connectivity index (χ4n) is 3.17. The number of hydrogen-bond acceptors (Lipinski definition) is 2. The Morgan fingerprint density at radius 2 is 2.21 bits per heavy atom. The second-order valence-electron chi connectivity index (χ2n) is 5.75. The second kappa shape index (κ2) is 5.24. The molecule has 0 aromatic heterocycles. The SMILES string of the molecule is CC1CCCCN1C(=O)c1ccc2c(c1)CCCN2. The first-order valence-corrected chi connectivity index (χ1v) is 7.43. The average molecular weight is 258 g/mol. The van der Waals surface area contributed by atoms with Crippen molar-refractivity contribution in [3.63, 3.8) is 0 Å². The molecule has 0 aliphatic carbocycles. The zero-order valence-corrected chi connectivity index (χ0v) is 11.6. The standard InChI is InChI=1S/C16H22N2O/c1-12-5-2-3-10-18(12)16(19)14-7-8-15-13(11-14)6-4-9-17-15/h7-8,11-12,17H,2-6,9-10H2,1H3. The Morgan fingerprint density at radius 3 is 3.05 bits per heavy atom. The Kier molecular flexibility index (Phi) is 3.45. The van der Waals surface area contributed by atoms with Gasteiger partial charge in [0.1, 0.15) is 0 Å². The van der Waals surface area contributed by atoms with Gasteiger partial charge in [-0.25, -0.2) is 0 Å². The van der Waals surface area contributed by atoms with Crippen LogP contribution >= 0.6 is 0 Å². The fraction of sp³-hybridized carbons (Fsp3) is 0.562. The van der Waals surface area contributed by atoms with Crippen LogP contribution < -0.4 is 5.32 Å². The number of nitrogens with one attached hydrogen (secondary N) is 1. The van der Waals surface area contributed by atoms with Gasteiger partial charge in [0.15, 0.2) is 0 Å². The van der Waals surface area contributed by atoms with E-state index in [0.717, 1.165) is 44.3 Å². The third-order valence-electron chi connectivity index (χ3n) is 4.35. The fourth-order valence-corrected chi connectivity index (χ4v) is 3.17. The lowest BCUT2D eigenvalue weighted by Crippen LogP contribution is -2.42. The summed E-state index contributed by atoms with van der Waals surface area (Å²) in [7, 11) is 0. The third-order valence-corrected chi connectivity index (χ3v) is 4.35. The number of anilines is 1. The number of carbonyl (C=O) groups is 1. The van der Waals surface area contributed by atoms with Crippen LogP contribution in [0.3, 0.4) is 0 Å². The van der Waals surface area contributed by atoms with Gasteiger partial charge in [-0.2, -0.15) is 0 Å². The van der Waals surface area contributed by atoms with Crippen molar-refractivity contribution >= 4 is 11.6 Å². The summed E-state index contributed by atoms with van der Waals surface area (Å²) in [6, 6.07) is 6.51. The highest BCUT2D eigenvalue weighted by atomic mass is 16.2. The smallest absolute Gasteiger partial charge is 0.254 e. The van der Waals surface area contributed by atoms with Crippen molar-refractivity contribution in [1.82, 2.24) is 4.90 Å². The van der Waals surface area contributed by atoms with Gasteiger partial charge in [0, 0.05) is 30.4 Å². The highest BCUT2D eigenvalue weighted by Gasteiger charge is 2.24. The summed E-state index contributed by atoms with van der Waals surface area (Å²) in [5, 5.41) is 3.39. The number of fused-ring (bicyclic) bond motifs is 1. The molecular weight excluding hydrogens is 236 g/mol. The largest absolute Gasteiger partial charge is 0.385 e. The van der Waals surface area contributed by atoms with E-state index in [1.807, 2.05) is 11.0 Å². The van der Waals surface area contributed by atoms with Crippen LogP contribution in [0, 0.1) is 0 Å². The van der Waals surface area contributed by atoms with Gasteiger partial charge in [-0.15, -0.1) is 0 Å². The van der Waals surface area contributed by atoms with Gasteiger partial charge >= 0.3 is 0 Å². The lowest BCUT2D eigenvalue weighted by Gasteiger charge is -2.33. The van der Waals surface area contributed by atoms with Gasteiger partial charge in [0.2, 0.25) is 0 Å². The maximum absolute atomic E-state index is 12.6. The molecule has 2 aliphatic rings. The van der Waals surface area contributed by atoms with Crippen LogP contribution in [-0.4, -0.2) is 29.9 Å². The molecule has 1 fully saturated rings. The monoisotopic (exact) mass is 258 g/mol. The number of rotatable bonds is 1. The summed E-state index contributed by atoms with van der Waals surface area (Å²) in [5.41, 5.74) is 3.35. The molecule has 0 saturated carbocycles. The first-order valence-electron chi connectivity index (χ1n) is 7.43. The van der Waals surface area contributed by atoms with E-state index < -0.39 is 0 Å². The minimum atomic E-state index is 0.209. The molecule has 1 unspecified atom stereocenters. The van der Waals surface area contributed by atoms with Crippen LogP contribution in [0.25, 0.3) is 0 Å². The normalized spacial score (nSPS) is 22.6. The van der Waals surface area contributed by atoms with E-state index >= 15 is 0 Å². The molecule has 0 radical (unpaired) electrons. The highest BCUT2D eigenvalue weighted by molar-refractivity contribution is 5.95. The Bertz CT molecular complexity index is 484. The number of nitrogens with zero attached hydrogens (tertiary/aromatic N) is 1. The first kappa shape index (κ1) is 12.5. The average Bonchev–Trinajstić information content (AvgIpc) is 2.46. The molecule has 1 saturated heterocycles. The molecule has 3 rings (SSSR count). The van der Waals surface area contributed by atoms with Crippen molar-refractivity contribution in [3.8, 4) is 0 Å². The van der Waals surface area contributed by atoms with Crippen LogP contribution in [-0.2, 0) is 6.42 Å². The van der Waals surface area contributed by atoms with Crippen molar-refractivity contribution in [3.05, 3.63) is 29.3 Å². The molecule has 3 heteroatoms. The lowest BCUT2D eigenvalue weighted by molar-refractivity contribution is 0.0635. The molecule has 3 nitrogen and oxygen atoms in total. The summed E-state index contributed by atoms with van der Waals surface area (Å²) < 4.78 is 0. The zero-order chi connectivity index (χ0) is 13.2. The molecule has 2 aliphatic heterocycles. The number of aryl methyl sites for hydroxylation is 1. The summed E-state index contributed by atoms with van der Waals surface area (Å²) in [4.78, 5) is 14.6. The maximum Gasteiger partial charge on any atom is 0.254 e. The van der Waals surface area contributed by atoms with Crippen LogP contribution in [0.4, 0.5) is 5.69 Å². The van der Waals surface area contributed by atoms with Crippen molar-refractivity contribution in [2.75, 3.05) is 18.4 Å². The molecule has 0 spiro atoms. The Balaban J connectivity index is 1.83. The van der Waals surface area contributed by atoms with Crippen LogP contribution in [0.5, 0.6) is 0 Å². The lowest BCUT2D eigenvalue weighted by atomic mass is 9.98. The van der Waals surface area contributed by atoms with Crippen LogP contribution in [0.15, 0.2) is 18.2 Å². The topological polar surface area (TPSA) is 32.3 Å². The van der Waals surface area contributed by atoms with Gasteiger partial charge < -0.3 is 10.2 Å². The van der Waals surface area contributed by atoms with Gasteiger partial charge in [0.05, 0.1) is 0 Å². The predicted molar refractivity (Wildman–Crippen MR) is 77.6 cm³/mol. The van der Waals surface area contributed by atoms with Crippen LogP contribution in [0.2, 0.25) is 0 Å². The molecule has 1 atom stereocenters. The summed E-state index contributed by atoms with van der Waals surface area (Å²) >= 11 is 0. The quantitative estimate of drug-likeness (QED) is 0.839. The van der Waals surface area contributed by atoms with Gasteiger partial charge in [0.25, 0.3) is 5.91 Å². The molecular formula is C16H22N2O. The van der Waals surface area contributed by atoms with E-state index in [0.29, 0.717) is 6.04 Å². The molecule has 2 heterocycles. The highest BCUT2D eigenvalue weighted by Crippen LogP contribution is 2.25. The Morgan fingerprint density at radius 1 is 1.32 bits per heavy atom. The minimum absolute atomic E-state index is 0.209.